The van der Waals surface area contributed by atoms with Gasteiger partial charge in [-0.2, -0.15) is 0 Å². The molecule has 1 aliphatic carbocycles. The van der Waals surface area contributed by atoms with Gasteiger partial charge in [0, 0.05) is 6.54 Å². The minimum absolute atomic E-state index is 0.278. The lowest BCUT2D eigenvalue weighted by molar-refractivity contribution is -0.121. The first-order valence-electron chi connectivity index (χ1n) is 5.86. The maximum atomic E-state index is 11.5. The molecule has 0 heterocycles. The van der Waals surface area contributed by atoms with Crippen LogP contribution in [0.5, 0.6) is 0 Å². The Balaban J connectivity index is 2.16. The summed E-state index contributed by atoms with van der Waals surface area (Å²) >= 11 is 0. The topological polar surface area (TPSA) is 70.2 Å². The van der Waals surface area contributed by atoms with Gasteiger partial charge in [-0.3, -0.25) is 10.1 Å². The van der Waals surface area contributed by atoms with E-state index in [0.717, 1.165) is 12.5 Å². The predicted molar refractivity (Wildman–Crippen MR) is 62.0 cm³/mol. The molecular weight excluding hydrogens is 206 g/mol. The zero-order valence-electron chi connectivity index (χ0n) is 10.2. The van der Waals surface area contributed by atoms with E-state index in [1.165, 1.54) is 6.42 Å². The summed E-state index contributed by atoms with van der Waals surface area (Å²) in [6.45, 7) is 7.14. The third-order valence-electron chi connectivity index (χ3n) is 2.93. The zero-order chi connectivity index (χ0) is 12.1. The molecule has 1 rings (SSSR count). The Morgan fingerprint density at radius 3 is 2.56 bits per heavy atom. The number of carbonyl (C=O) groups is 2. The van der Waals surface area contributed by atoms with Crippen molar-refractivity contribution >= 4 is 11.9 Å². The van der Waals surface area contributed by atoms with Crippen LogP contribution in [0.1, 0.15) is 27.2 Å². The van der Waals surface area contributed by atoms with Crippen molar-refractivity contribution < 1.29 is 9.59 Å². The number of carbonyl (C=O) groups excluding carboxylic acids is 2. The summed E-state index contributed by atoms with van der Waals surface area (Å²) in [7, 11) is 0. The van der Waals surface area contributed by atoms with E-state index < -0.39 is 6.03 Å². The average molecular weight is 227 g/mol. The first kappa shape index (κ1) is 13.0. The van der Waals surface area contributed by atoms with E-state index in [4.69, 9.17) is 0 Å². The van der Waals surface area contributed by atoms with Crippen LogP contribution in [0.15, 0.2) is 0 Å². The van der Waals surface area contributed by atoms with Gasteiger partial charge in [-0.15, -0.1) is 0 Å². The van der Waals surface area contributed by atoms with Gasteiger partial charge in [0.25, 0.3) is 0 Å². The number of hydrogen-bond acceptors (Lipinski definition) is 3. The van der Waals surface area contributed by atoms with Crippen molar-refractivity contribution in [3.05, 3.63) is 0 Å². The van der Waals surface area contributed by atoms with Crippen molar-refractivity contribution in [2.75, 3.05) is 13.1 Å². The number of amides is 3. The highest BCUT2D eigenvalue weighted by molar-refractivity contribution is 5.96. The predicted octanol–water partition coefficient (Wildman–Crippen LogP) is 0.466. The Morgan fingerprint density at radius 1 is 1.44 bits per heavy atom. The molecule has 1 saturated carbocycles. The molecule has 3 amide bonds. The molecule has 0 aromatic carbocycles. The number of hydrogen-bond donors (Lipinski definition) is 3. The molecule has 3 atom stereocenters. The van der Waals surface area contributed by atoms with Crippen LogP contribution in [0.2, 0.25) is 0 Å². The van der Waals surface area contributed by atoms with Crippen LogP contribution >= 0.6 is 0 Å². The van der Waals surface area contributed by atoms with Gasteiger partial charge in [-0.25, -0.2) is 4.79 Å². The summed E-state index contributed by atoms with van der Waals surface area (Å²) in [5.74, 6) is 1.19. The largest absolute Gasteiger partial charge is 0.338 e. The molecule has 0 aliphatic heterocycles. The first-order valence-corrected chi connectivity index (χ1v) is 5.86. The normalized spacial score (nSPS) is 24.7. The standard InChI is InChI=1S/C11H21N3O2/c1-4-12-11(16)14-10(15)8(3)13-6-9-5-7(9)2/h7-9,13H,4-6H2,1-3H3,(H2,12,14,15,16). The molecule has 0 bridgehead atoms. The van der Waals surface area contributed by atoms with E-state index >= 15 is 0 Å². The number of urea groups is 1. The van der Waals surface area contributed by atoms with Gasteiger partial charge in [-0.1, -0.05) is 6.92 Å². The van der Waals surface area contributed by atoms with Crippen molar-refractivity contribution in [1.29, 1.82) is 0 Å². The van der Waals surface area contributed by atoms with Crippen molar-refractivity contribution in [3.8, 4) is 0 Å². The Labute approximate surface area is 96.4 Å². The van der Waals surface area contributed by atoms with Gasteiger partial charge < -0.3 is 10.6 Å². The van der Waals surface area contributed by atoms with Gasteiger partial charge in [-0.05, 0) is 38.6 Å². The quantitative estimate of drug-likeness (QED) is 0.639. The van der Waals surface area contributed by atoms with E-state index in [-0.39, 0.29) is 11.9 Å². The Hall–Kier alpha value is -1.10. The molecule has 92 valence electrons. The Bertz CT molecular complexity index is 268. The lowest BCUT2D eigenvalue weighted by Gasteiger charge is -2.13. The SMILES string of the molecule is CCNC(=O)NC(=O)C(C)NCC1CC1C. The van der Waals surface area contributed by atoms with E-state index in [1.54, 1.807) is 13.8 Å². The van der Waals surface area contributed by atoms with Gasteiger partial charge in [0.15, 0.2) is 0 Å². The average Bonchev–Trinajstić information content (AvgIpc) is 2.91. The van der Waals surface area contributed by atoms with Crippen LogP contribution in [-0.2, 0) is 4.79 Å². The van der Waals surface area contributed by atoms with Gasteiger partial charge >= 0.3 is 6.03 Å². The highest BCUT2D eigenvalue weighted by atomic mass is 16.2. The van der Waals surface area contributed by atoms with Crippen LogP contribution in [-0.4, -0.2) is 31.1 Å². The summed E-state index contributed by atoms with van der Waals surface area (Å²) in [4.78, 5) is 22.6. The molecule has 3 unspecified atom stereocenters. The maximum Gasteiger partial charge on any atom is 0.321 e. The molecule has 5 heteroatoms. The fourth-order valence-corrected chi connectivity index (χ4v) is 1.53. The van der Waals surface area contributed by atoms with Crippen LogP contribution < -0.4 is 16.0 Å². The van der Waals surface area contributed by atoms with Crippen LogP contribution in [0.25, 0.3) is 0 Å². The van der Waals surface area contributed by atoms with Crippen molar-refractivity contribution in [3.63, 3.8) is 0 Å². The second-order valence-corrected chi connectivity index (χ2v) is 4.45. The fraction of sp³-hybridized carbons (Fsp3) is 0.818. The molecule has 1 fully saturated rings. The van der Waals surface area contributed by atoms with Gasteiger partial charge in [0.05, 0.1) is 6.04 Å². The van der Waals surface area contributed by atoms with Crippen molar-refractivity contribution in [2.24, 2.45) is 11.8 Å². The second kappa shape index (κ2) is 5.84. The van der Waals surface area contributed by atoms with Crippen LogP contribution in [0.4, 0.5) is 4.79 Å². The summed E-state index contributed by atoms with van der Waals surface area (Å²) in [5, 5.41) is 7.93. The minimum Gasteiger partial charge on any atom is -0.338 e. The smallest absolute Gasteiger partial charge is 0.321 e. The van der Waals surface area contributed by atoms with E-state index in [0.29, 0.717) is 12.5 Å². The van der Waals surface area contributed by atoms with Crippen LogP contribution in [0, 0.1) is 11.8 Å². The number of nitrogens with one attached hydrogen (secondary N) is 3. The van der Waals surface area contributed by atoms with Gasteiger partial charge in [0.2, 0.25) is 5.91 Å². The van der Waals surface area contributed by atoms with E-state index in [2.05, 4.69) is 22.9 Å². The molecule has 3 N–H and O–H groups in total. The van der Waals surface area contributed by atoms with E-state index in [1.807, 2.05) is 0 Å². The fourth-order valence-electron chi connectivity index (χ4n) is 1.53. The molecule has 0 aromatic heterocycles. The van der Waals surface area contributed by atoms with Crippen molar-refractivity contribution in [2.45, 2.75) is 33.2 Å². The molecule has 16 heavy (non-hydrogen) atoms. The summed E-state index contributed by atoms with van der Waals surface area (Å²) in [5.41, 5.74) is 0. The molecule has 1 aliphatic rings. The third-order valence-corrected chi connectivity index (χ3v) is 2.93. The summed E-state index contributed by atoms with van der Waals surface area (Å²) in [6, 6.07) is -0.753. The minimum atomic E-state index is -0.430. The Kier molecular flexibility index (Phi) is 4.73. The summed E-state index contributed by atoms with van der Waals surface area (Å²) in [6.07, 6.45) is 1.23. The summed E-state index contributed by atoms with van der Waals surface area (Å²) < 4.78 is 0. The molecule has 0 saturated heterocycles. The first-order chi connectivity index (χ1) is 7.54. The van der Waals surface area contributed by atoms with Crippen molar-refractivity contribution in [1.82, 2.24) is 16.0 Å². The highest BCUT2D eigenvalue weighted by Gasteiger charge is 2.32. The second-order valence-electron chi connectivity index (χ2n) is 4.45. The highest BCUT2D eigenvalue weighted by Crippen LogP contribution is 2.36. The molecule has 5 nitrogen and oxygen atoms in total. The molecule has 0 aromatic rings. The van der Waals surface area contributed by atoms with Crippen LogP contribution in [0.3, 0.4) is 0 Å². The zero-order valence-corrected chi connectivity index (χ0v) is 10.2. The lowest BCUT2D eigenvalue weighted by atomic mass is 10.2. The molecule has 0 spiro atoms. The monoisotopic (exact) mass is 227 g/mol. The van der Waals surface area contributed by atoms with E-state index in [9.17, 15) is 9.59 Å². The number of rotatable bonds is 5. The molecule has 0 radical (unpaired) electrons. The Morgan fingerprint density at radius 2 is 2.06 bits per heavy atom. The molecular formula is C11H21N3O2. The van der Waals surface area contributed by atoms with Gasteiger partial charge in [0.1, 0.15) is 0 Å². The third kappa shape index (κ3) is 4.18. The lowest BCUT2D eigenvalue weighted by Crippen LogP contribution is -2.48. The maximum absolute atomic E-state index is 11.5. The number of imide groups is 1.